The van der Waals surface area contributed by atoms with Crippen LogP contribution >= 0.6 is 0 Å². The molecule has 0 fully saturated rings. The topological polar surface area (TPSA) is 38.7 Å². The molecule has 0 heterocycles. The van der Waals surface area contributed by atoms with Gasteiger partial charge < -0.3 is 14.6 Å². The average Bonchev–Trinajstić information content (AvgIpc) is 2.48. The van der Waals surface area contributed by atoms with Crippen molar-refractivity contribution < 1.29 is 14.6 Å². The van der Waals surface area contributed by atoms with Gasteiger partial charge in [-0.1, -0.05) is 24.3 Å². The van der Waals surface area contributed by atoms with Gasteiger partial charge in [0, 0.05) is 12.8 Å². The Morgan fingerprint density at radius 1 is 0.762 bits per heavy atom. The number of aliphatic hydroxyl groups is 1. The first-order valence-corrected chi connectivity index (χ1v) is 7.01. The first-order chi connectivity index (χ1) is 10.0. The number of benzene rings is 2. The largest absolute Gasteiger partial charge is 0.497 e. The van der Waals surface area contributed by atoms with Gasteiger partial charge in [-0.15, -0.1) is 0 Å². The SMILES string of the molecule is COc1ccc(CC(C)(O)Cc2ccc(OC)cc2)cc1. The molecule has 2 rings (SSSR count). The van der Waals surface area contributed by atoms with E-state index in [2.05, 4.69) is 0 Å². The molecular formula is C18H22O3. The van der Waals surface area contributed by atoms with Gasteiger partial charge >= 0.3 is 0 Å². The van der Waals surface area contributed by atoms with Crippen LogP contribution in [0, 0.1) is 0 Å². The summed E-state index contributed by atoms with van der Waals surface area (Å²) in [6.45, 7) is 1.86. The van der Waals surface area contributed by atoms with Gasteiger partial charge in [0.2, 0.25) is 0 Å². The number of rotatable bonds is 6. The van der Waals surface area contributed by atoms with Gasteiger partial charge in [-0.05, 0) is 42.3 Å². The second-order valence-electron chi connectivity index (χ2n) is 5.55. The van der Waals surface area contributed by atoms with Crippen LogP contribution in [0.2, 0.25) is 0 Å². The second-order valence-corrected chi connectivity index (χ2v) is 5.55. The monoisotopic (exact) mass is 286 g/mol. The highest BCUT2D eigenvalue weighted by Gasteiger charge is 2.21. The molecule has 3 nitrogen and oxygen atoms in total. The maximum atomic E-state index is 10.6. The van der Waals surface area contributed by atoms with E-state index in [9.17, 15) is 5.11 Å². The Bertz CT molecular complexity index is 505. The third-order valence-corrected chi connectivity index (χ3v) is 3.49. The van der Waals surface area contributed by atoms with E-state index in [1.54, 1.807) is 14.2 Å². The standard InChI is InChI=1S/C18H22O3/c1-18(19,12-14-4-8-16(20-2)9-5-14)13-15-6-10-17(21-3)11-7-15/h4-11,19H,12-13H2,1-3H3. The molecule has 0 aliphatic rings. The molecular weight excluding hydrogens is 264 g/mol. The van der Waals surface area contributed by atoms with Gasteiger partial charge in [0.15, 0.2) is 0 Å². The van der Waals surface area contributed by atoms with Crippen molar-refractivity contribution >= 4 is 0 Å². The fraction of sp³-hybridized carbons (Fsp3) is 0.333. The van der Waals surface area contributed by atoms with Crippen LogP contribution in [-0.2, 0) is 12.8 Å². The lowest BCUT2D eigenvalue weighted by molar-refractivity contribution is 0.0608. The normalized spacial score (nSPS) is 11.2. The van der Waals surface area contributed by atoms with E-state index in [1.165, 1.54) is 0 Å². The van der Waals surface area contributed by atoms with E-state index < -0.39 is 5.60 Å². The zero-order valence-corrected chi connectivity index (χ0v) is 12.8. The van der Waals surface area contributed by atoms with Crippen molar-refractivity contribution in [3.8, 4) is 11.5 Å². The third-order valence-electron chi connectivity index (χ3n) is 3.49. The van der Waals surface area contributed by atoms with Crippen LogP contribution in [0.25, 0.3) is 0 Å². The summed E-state index contributed by atoms with van der Waals surface area (Å²) in [5.74, 6) is 1.65. The Hall–Kier alpha value is -2.00. The number of hydrogen-bond donors (Lipinski definition) is 1. The molecule has 0 aliphatic carbocycles. The van der Waals surface area contributed by atoms with E-state index in [-0.39, 0.29) is 0 Å². The first-order valence-electron chi connectivity index (χ1n) is 7.01. The summed E-state index contributed by atoms with van der Waals surface area (Å²) in [6, 6.07) is 15.6. The molecule has 0 saturated carbocycles. The first kappa shape index (κ1) is 15.4. The summed E-state index contributed by atoms with van der Waals surface area (Å²) in [5.41, 5.74) is 1.40. The van der Waals surface area contributed by atoms with Crippen molar-refractivity contribution in [3.05, 3.63) is 59.7 Å². The van der Waals surface area contributed by atoms with Crippen LogP contribution < -0.4 is 9.47 Å². The van der Waals surface area contributed by atoms with Gasteiger partial charge in [0.25, 0.3) is 0 Å². The fourth-order valence-electron chi connectivity index (χ4n) is 2.43. The highest BCUT2D eigenvalue weighted by atomic mass is 16.5. The minimum Gasteiger partial charge on any atom is -0.497 e. The quantitative estimate of drug-likeness (QED) is 0.886. The van der Waals surface area contributed by atoms with Crippen molar-refractivity contribution in [2.24, 2.45) is 0 Å². The Morgan fingerprint density at radius 3 is 1.38 bits per heavy atom. The van der Waals surface area contributed by atoms with E-state index in [1.807, 2.05) is 55.5 Å². The Labute approximate surface area is 126 Å². The van der Waals surface area contributed by atoms with Gasteiger partial charge in [0.1, 0.15) is 11.5 Å². The molecule has 21 heavy (non-hydrogen) atoms. The van der Waals surface area contributed by atoms with Gasteiger partial charge in [0.05, 0.1) is 19.8 Å². The van der Waals surface area contributed by atoms with Gasteiger partial charge in [-0.3, -0.25) is 0 Å². The van der Waals surface area contributed by atoms with Crippen LogP contribution in [0.15, 0.2) is 48.5 Å². The molecule has 0 saturated heterocycles. The summed E-state index contributed by atoms with van der Waals surface area (Å²) >= 11 is 0. The van der Waals surface area contributed by atoms with Crippen molar-refractivity contribution in [1.29, 1.82) is 0 Å². The Balaban J connectivity index is 2.02. The molecule has 0 unspecified atom stereocenters. The zero-order chi connectivity index (χ0) is 15.3. The molecule has 0 atom stereocenters. The second kappa shape index (κ2) is 6.64. The summed E-state index contributed by atoms with van der Waals surface area (Å²) in [5, 5.41) is 10.6. The highest BCUT2D eigenvalue weighted by molar-refractivity contribution is 5.30. The lowest BCUT2D eigenvalue weighted by Crippen LogP contribution is -2.30. The Morgan fingerprint density at radius 2 is 1.10 bits per heavy atom. The predicted molar refractivity (Wildman–Crippen MR) is 84.0 cm³/mol. The van der Waals surface area contributed by atoms with Crippen LogP contribution in [0.5, 0.6) is 11.5 Å². The summed E-state index contributed by atoms with van der Waals surface area (Å²) < 4.78 is 10.3. The Kier molecular flexibility index (Phi) is 4.86. The molecule has 0 aliphatic heterocycles. The zero-order valence-electron chi connectivity index (χ0n) is 12.8. The molecule has 2 aromatic carbocycles. The molecule has 2 aromatic rings. The number of methoxy groups -OCH3 is 2. The van der Waals surface area contributed by atoms with Crippen LogP contribution in [0.4, 0.5) is 0 Å². The van der Waals surface area contributed by atoms with Crippen LogP contribution in [0.1, 0.15) is 18.1 Å². The van der Waals surface area contributed by atoms with Crippen molar-refractivity contribution in [3.63, 3.8) is 0 Å². The molecule has 0 aromatic heterocycles. The minimum atomic E-state index is -0.789. The van der Waals surface area contributed by atoms with Gasteiger partial charge in [-0.2, -0.15) is 0 Å². The molecule has 0 radical (unpaired) electrons. The lowest BCUT2D eigenvalue weighted by atomic mass is 9.90. The molecule has 3 heteroatoms. The van der Waals surface area contributed by atoms with Crippen molar-refractivity contribution in [2.75, 3.05) is 14.2 Å². The number of hydrogen-bond acceptors (Lipinski definition) is 3. The van der Waals surface area contributed by atoms with Crippen LogP contribution in [0.3, 0.4) is 0 Å². The molecule has 0 bridgehead atoms. The van der Waals surface area contributed by atoms with E-state index >= 15 is 0 Å². The van der Waals surface area contributed by atoms with Crippen molar-refractivity contribution in [1.82, 2.24) is 0 Å². The van der Waals surface area contributed by atoms with Gasteiger partial charge in [-0.25, -0.2) is 0 Å². The lowest BCUT2D eigenvalue weighted by Gasteiger charge is -2.23. The minimum absolute atomic E-state index is 0.600. The third kappa shape index (κ3) is 4.50. The predicted octanol–water partition coefficient (Wildman–Crippen LogP) is 3.24. The maximum absolute atomic E-state index is 10.6. The summed E-state index contributed by atoms with van der Waals surface area (Å²) in [4.78, 5) is 0. The number of ether oxygens (including phenoxy) is 2. The van der Waals surface area contributed by atoms with E-state index in [0.29, 0.717) is 12.8 Å². The molecule has 0 amide bonds. The van der Waals surface area contributed by atoms with E-state index in [4.69, 9.17) is 9.47 Å². The van der Waals surface area contributed by atoms with E-state index in [0.717, 1.165) is 22.6 Å². The van der Waals surface area contributed by atoms with Crippen LogP contribution in [-0.4, -0.2) is 24.9 Å². The summed E-state index contributed by atoms with van der Waals surface area (Å²) in [7, 11) is 3.30. The molecule has 112 valence electrons. The molecule has 1 N–H and O–H groups in total. The van der Waals surface area contributed by atoms with Crippen molar-refractivity contribution in [2.45, 2.75) is 25.4 Å². The smallest absolute Gasteiger partial charge is 0.118 e. The average molecular weight is 286 g/mol. The molecule has 0 spiro atoms. The fourth-order valence-corrected chi connectivity index (χ4v) is 2.43. The summed E-state index contributed by atoms with van der Waals surface area (Å²) in [6.07, 6.45) is 1.20. The highest BCUT2D eigenvalue weighted by Crippen LogP contribution is 2.22. The maximum Gasteiger partial charge on any atom is 0.118 e.